The number of hydrogen-bond acceptors (Lipinski definition) is 4. The van der Waals surface area contributed by atoms with Crippen molar-refractivity contribution in [2.24, 2.45) is 0 Å². The van der Waals surface area contributed by atoms with Gasteiger partial charge < -0.3 is 5.32 Å². The van der Waals surface area contributed by atoms with Gasteiger partial charge in [0.25, 0.3) is 0 Å². The topological polar surface area (TPSA) is 71.1 Å². The van der Waals surface area contributed by atoms with Gasteiger partial charge in [-0.3, -0.25) is 4.98 Å². The average Bonchev–Trinajstić information content (AvgIpc) is 3.13. The minimum atomic E-state index is -3.24. The van der Waals surface area contributed by atoms with Crippen molar-refractivity contribution in [3.8, 4) is 0 Å². The van der Waals surface area contributed by atoms with Crippen LogP contribution < -0.4 is 10.0 Å². The zero-order chi connectivity index (χ0) is 13.0. The number of nitrogens with zero attached hydrogens (tertiary/aromatic N) is 1. The molecule has 0 amide bonds. The standard InChI is InChI=1S/C12H19N3O2S/c1-10(11-3-2-6-13-9-11)15-18(16,17)8-7-14-12-4-5-12/h2-3,6,9-10,12,14-15H,4-5,7-8H2,1H3. The number of pyridine rings is 1. The molecule has 0 radical (unpaired) electrons. The Hall–Kier alpha value is -0.980. The predicted molar refractivity (Wildman–Crippen MR) is 70.6 cm³/mol. The predicted octanol–water partition coefficient (Wildman–Crippen LogP) is 0.814. The van der Waals surface area contributed by atoms with E-state index in [-0.39, 0.29) is 11.8 Å². The highest BCUT2D eigenvalue weighted by atomic mass is 32.2. The summed E-state index contributed by atoms with van der Waals surface area (Å²) in [6.45, 7) is 2.34. The van der Waals surface area contributed by atoms with Crippen LogP contribution in [0.15, 0.2) is 24.5 Å². The lowest BCUT2D eigenvalue weighted by molar-refractivity contribution is 0.562. The van der Waals surface area contributed by atoms with Gasteiger partial charge in [0.1, 0.15) is 0 Å². The first-order valence-corrected chi connectivity index (χ1v) is 7.85. The van der Waals surface area contributed by atoms with E-state index in [1.165, 1.54) is 12.8 Å². The van der Waals surface area contributed by atoms with Gasteiger partial charge >= 0.3 is 0 Å². The van der Waals surface area contributed by atoms with Crippen LogP contribution in [0.5, 0.6) is 0 Å². The molecule has 1 saturated carbocycles. The molecule has 1 aliphatic carbocycles. The summed E-state index contributed by atoms with van der Waals surface area (Å²) in [4.78, 5) is 3.98. The fourth-order valence-corrected chi connectivity index (χ4v) is 2.89. The first-order valence-electron chi connectivity index (χ1n) is 6.20. The molecule has 1 heterocycles. The van der Waals surface area contributed by atoms with Crippen molar-refractivity contribution < 1.29 is 8.42 Å². The molecule has 0 aliphatic heterocycles. The molecule has 1 fully saturated rings. The van der Waals surface area contributed by atoms with Crippen LogP contribution in [-0.2, 0) is 10.0 Å². The summed E-state index contributed by atoms with van der Waals surface area (Å²) in [5.41, 5.74) is 0.872. The van der Waals surface area contributed by atoms with E-state index in [1.54, 1.807) is 18.5 Å². The Balaban J connectivity index is 1.82. The molecule has 0 spiro atoms. The van der Waals surface area contributed by atoms with E-state index < -0.39 is 10.0 Å². The summed E-state index contributed by atoms with van der Waals surface area (Å²) in [6.07, 6.45) is 5.68. The second-order valence-electron chi connectivity index (χ2n) is 4.67. The van der Waals surface area contributed by atoms with Crippen molar-refractivity contribution in [1.82, 2.24) is 15.0 Å². The van der Waals surface area contributed by atoms with E-state index in [9.17, 15) is 8.42 Å². The molecular formula is C12H19N3O2S. The second-order valence-corrected chi connectivity index (χ2v) is 6.55. The Kier molecular flexibility index (Phi) is 4.31. The maximum atomic E-state index is 11.8. The third-order valence-corrected chi connectivity index (χ3v) is 4.38. The first kappa shape index (κ1) is 13.5. The van der Waals surface area contributed by atoms with Crippen LogP contribution in [0.25, 0.3) is 0 Å². The highest BCUT2D eigenvalue weighted by Gasteiger charge is 2.21. The molecule has 1 unspecified atom stereocenters. The van der Waals surface area contributed by atoms with Gasteiger partial charge in [0.15, 0.2) is 0 Å². The van der Waals surface area contributed by atoms with Gasteiger partial charge in [-0.25, -0.2) is 13.1 Å². The molecule has 0 bridgehead atoms. The van der Waals surface area contributed by atoms with Crippen LogP contribution in [0.3, 0.4) is 0 Å². The van der Waals surface area contributed by atoms with E-state index in [1.807, 2.05) is 13.0 Å². The molecule has 1 aromatic heterocycles. The lowest BCUT2D eigenvalue weighted by Crippen LogP contribution is -2.34. The van der Waals surface area contributed by atoms with Crippen LogP contribution in [0.2, 0.25) is 0 Å². The van der Waals surface area contributed by atoms with Crippen molar-refractivity contribution in [3.05, 3.63) is 30.1 Å². The van der Waals surface area contributed by atoms with Crippen LogP contribution in [0, 0.1) is 0 Å². The van der Waals surface area contributed by atoms with Crippen molar-refractivity contribution >= 4 is 10.0 Å². The van der Waals surface area contributed by atoms with Gasteiger partial charge in [0.2, 0.25) is 10.0 Å². The van der Waals surface area contributed by atoms with E-state index in [2.05, 4.69) is 15.0 Å². The Labute approximate surface area is 108 Å². The minimum Gasteiger partial charge on any atom is -0.313 e. The average molecular weight is 269 g/mol. The lowest BCUT2D eigenvalue weighted by atomic mass is 10.2. The largest absolute Gasteiger partial charge is 0.313 e. The number of hydrogen-bond donors (Lipinski definition) is 2. The molecule has 18 heavy (non-hydrogen) atoms. The molecule has 0 saturated heterocycles. The van der Waals surface area contributed by atoms with Crippen molar-refractivity contribution in [1.29, 1.82) is 0 Å². The second kappa shape index (κ2) is 5.77. The Morgan fingerprint density at radius 3 is 2.89 bits per heavy atom. The molecule has 6 heteroatoms. The fourth-order valence-electron chi connectivity index (χ4n) is 1.71. The van der Waals surface area contributed by atoms with Gasteiger partial charge in [-0.15, -0.1) is 0 Å². The third kappa shape index (κ3) is 4.36. The lowest BCUT2D eigenvalue weighted by Gasteiger charge is -2.14. The molecule has 0 aromatic carbocycles. The maximum absolute atomic E-state index is 11.8. The quantitative estimate of drug-likeness (QED) is 0.768. The van der Waals surface area contributed by atoms with Gasteiger partial charge in [0, 0.05) is 31.0 Å². The Bertz CT molecular complexity index is 471. The molecule has 100 valence electrons. The summed E-state index contributed by atoms with van der Waals surface area (Å²) in [5.74, 6) is 0.119. The molecule has 1 aliphatic rings. The van der Waals surface area contributed by atoms with E-state index in [0.29, 0.717) is 12.6 Å². The summed E-state index contributed by atoms with van der Waals surface area (Å²) in [6, 6.07) is 3.96. The summed E-state index contributed by atoms with van der Waals surface area (Å²) in [5, 5.41) is 3.19. The smallest absolute Gasteiger partial charge is 0.213 e. The Morgan fingerprint density at radius 1 is 1.50 bits per heavy atom. The Morgan fingerprint density at radius 2 is 2.28 bits per heavy atom. The normalized spacial score (nSPS) is 17.6. The van der Waals surface area contributed by atoms with Crippen LogP contribution in [0.1, 0.15) is 31.4 Å². The fraction of sp³-hybridized carbons (Fsp3) is 0.583. The number of rotatable bonds is 7. The van der Waals surface area contributed by atoms with E-state index in [4.69, 9.17) is 0 Å². The van der Waals surface area contributed by atoms with Gasteiger partial charge in [-0.05, 0) is 31.4 Å². The number of aromatic nitrogens is 1. The number of sulfonamides is 1. The summed E-state index contributed by atoms with van der Waals surface area (Å²) in [7, 11) is -3.24. The van der Waals surface area contributed by atoms with Gasteiger partial charge in [0.05, 0.1) is 5.75 Å². The van der Waals surface area contributed by atoms with E-state index >= 15 is 0 Å². The SMILES string of the molecule is CC(NS(=O)(=O)CCNC1CC1)c1cccnc1. The summed E-state index contributed by atoms with van der Waals surface area (Å²) < 4.78 is 26.3. The molecule has 2 N–H and O–H groups in total. The van der Waals surface area contributed by atoms with Crippen LogP contribution in [-0.4, -0.2) is 31.7 Å². The van der Waals surface area contributed by atoms with Crippen molar-refractivity contribution in [2.75, 3.05) is 12.3 Å². The van der Waals surface area contributed by atoms with E-state index in [0.717, 1.165) is 5.56 Å². The third-order valence-electron chi connectivity index (χ3n) is 2.92. The van der Waals surface area contributed by atoms with Crippen molar-refractivity contribution in [3.63, 3.8) is 0 Å². The zero-order valence-electron chi connectivity index (χ0n) is 10.5. The molecule has 2 rings (SSSR count). The van der Waals surface area contributed by atoms with Crippen LogP contribution >= 0.6 is 0 Å². The zero-order valence-corrected chi connectivity index (χ0v) is 11.3. The molecule has 1 aromatic rings. The monoisotopic (exact) mass is 269 g/mol. The first-order chi connectivity index (χ1) is 8.57. The molecular weight excluding hydrogens is 250 g/mol. The van der Waals surface area contributed by atoms with Crippen molar-refractivity contribution in [2.45, 2.75) is 31.8 Å². The summed E-state index contributed by atoms with van der Waals surface area (Å²) >= 11 is 0. The maximum Gasteiger partial charge on any atom is 0.213 e. The highest BCUT2D eigenvalue weighted by Crippen LogP contribution is 2.18. The van der Waals surface area contributed by atoms with Gasteiger partial charge in [-0.1, -0.05) is 6.07 Å². The molecule has 5 nitrogen and oxygen atoms in total. The minimum absolute atomic E-state index is 0.119. The van der Waals surface area contributed by atoms with Crippen LogP contribution in [0.4, 0.5) is 0 Å². The number of nitrogens with one attached hydrogen (secondary N) is 2. The van der Waals surface area contributed by atoms with Gasteiger partial charge in [-0.2, -0.15) is 0 Å². The highest BCUT2D eigenvalue weighted by molar-refractivity contribution is 7.89. The molecule has 1 atom stereocenters.